The average molecular weight is 319 g/mol. The topological polar surface area (TPSA) is 24.1 Å². The Labute approximate surface area is 136 Å². The van der Waals surface area contributed by atoms with Crippen molar-refractivity contribution in [1.29, 1.82) is 0 Å². The number of unbranched alkanes of at least 4 members (excludes halogenated alkanes) is 1. The van der Waals surface area contributed by atoms with Crippen LogP contribution in [0.5, 0.6) is 0 Å². The molecule has 2 rings (SSSR count). The Kier molecular flexibility index (Phi) is 6.03. The summed E-state index contributed by atoms with van der Waals surface area (Å²) in [5.41, 5.74) is 3.26. The molecule has 0 aliphatic heterocycles. The monoisotopic (exact) mass is 318 g/mol. The molecule has 0 unspecified atom stereocenters. The summed E-state index contributed by atoms with van der Waals surface area (Å²) in [7, 11) is 0. The molecule has 2 aromatic rings. The fourth-order valence-electron chi connectivity index (χ4n) is 1.96. The number of nitrogens with one attached hydrogen (secondary N) is 2. The largest absolute Gasteiger partial charge is 0.332 e. The molecule has 0 saturated heterocycles. The van der Waals surface area contributed by atoms with Crippen LogP contribution >= 0.6 is 23.8 Å². The summed E-state index contributed by atoms with van der Waals surface area (Å²) in [6, 6.07) is 15.8. The zero-order valence-corrected chi connectivity index (χ0v) is 13.6. The predicted octanol–water partition coefficient (Wildman–Crippen LogP) is 5.49. The summed E-state index contributed by atoms with van der Waals surface area (Å²) in [6.45, 7) is 2.21. The van der Waals surface area contributed by atoms with Crippen LogP contribution in [-0.2, 0) is 6.42 Å². The van der Waals surface area contributed by atoms with Gasteiger partial charge in [0.2, 0.25) is 0 Å². The molecular weight excluding hydrogens is 300 g/mol. The van der Waals surface area contributed by atoms with E-state index in [9.17, 15) is 0 Å². The van der Waals surface area contributed by atoms with Crippen molar-refractivity contribution in [3.8, 4) is 0 Å². The molecule has 0 atom stereocenters. The Balaban J connectivity index is 1.88. The molecule has 110 valence electrons. The van der Waals surface area contributed by atoms with Gasteiger partial charge in [-0.25, -0.2) is 0 Å². The highest BCUT2D eigenvalue weighted by Crippen LogP contribution is 2.15. The summed E-state index contributed by atoms with van der Waals surface area (Å²) in [6.07, 6.45) is 3.57. The molecule has 0 bridgehead atoms. The van der Waals surface area contributed by atoms with E-state index in [1.54, 1.807) is 0 Å². The van der Waals surface area contributed by atoms with Gasteiger partial charge in [-0.05, 0) is 67.0 Å². The first-order valence-electron chi connectivity index (χ1n) is 7.10. The van der Waals surface area contributed by atoms with Crippen molar-refractivity contribution in [2.75, 3.05) is 10.6 Å². The molecular formula is C17H19ClN2S. The zero-order valence-electron chi connectivity index (χ0n) is 12.0. The number of benzene rings is 2. The Morgan fingerprint density at radius 1 is 0.952 bits per heavy atom. The standard InChI is InChI=1S/C17H19ClN2S/c1-2-3-4-13-5-9-15(10-6-13)19-17(21)20-16-11-7-14(18)8-12-16/h5-12H,2-4H2,1H3,(H2,19,20,21). The van der Waals surface area contributed by atoms with Crippen LogP contribution in [0.15, 0.2) is 48.5 Å². The summed E-state index contributed by atoms with van der Waals surface area (Å²) in [5.74, 6) is 0. The fourth-order valence-corrected chi connectivity index (χ4v) is 2.32. The van der Waals surface area contributed by atoms with Crippen LogP contribution in [0.3, 0.4) is 0 Å². The number of thiocarbonyl (C=S) groups is 1. The molecule has 2 N–H and O–H groups in total. The van der Waals surface area contributed by atoms with Crippen molar-refractivity contribution in [2.24, 2.45) is 0 Å². The lowest BCUT2D eigenvalue weighted by Crippen LogP contribution is -2.18. The van der Waals surface area contributed by atoms with Gasteiger partial charge in [0, 0.05) is 16.4 Å². The molecule has 0 aromatic heterocycles. The Bertz CT molecular complexity index is 579. The highest BCUT2D eigenvalue weighted by atomic mass is 35.5. The van der Waals surface area contributed by atoms with Gasteiger partial charge in [-0.3, -0.25) is 0 Å². The third-order valence-electron chi connectivity index (χ3n) is 3.13. The van der Waals surface area contributed by atoms with Crippen LogP contribution in [0.2, 0.25) is 5.02 Å². The lowest BCUT2D eigenvalue weighted by atomic mass is 10.1. The predicted molar refractivity (Wildman–Crippen MR) is 96.3 cm³/mol. The van der Waals surface area contributed by atoms with E-state index in [2.05, 4.69) is 41.8 Å². The molecule has 0 fully saturated rings. The first kappa shape index (κ1) is 15.8. The number of hydrogen-bond donors (Lipinski definition) is 2. The molecule has 0 spiro atoms. The second kappa shape index (κ2) is 8.01. The van der Waals surface area contributed by atoms with Crippen molar-refractivity contribution in [1.82, 2.24) is 0 Å². The highest BCUT2D eigenvalue weighted by molar-refractivity contribution is 7.80. The van der Waals surface area contributed by atoms with Crippen LogP contribution in [0, 0.1) is 0 Å². The smallest absolute Gasteiger partial charge is 0.175 e. The van der Waals surface area contributed by atoms with E-state index in [1.807, 2.05) is 24.3 Å². The molecule has 0 heterocycles. The normalized spacial score (nSPS) is 10.2. The van der Waals surface area contributed by atoms with Crippen molar-refractivity contribution >= 4 is 40.3 Å². The molecule has 21 heavy (non-hydrogen) atoms. The SMILES string of the molecule is CCCCc1ccc(NC(=S)Nc2ccc(Cl)cc2)cc1. The summed E-state index contributed by atoms with van der Waals surface area (Å²) in [5, 5.41) is 7.58. The number of aryl methyl sites for hydroxylation is 1. The van der Waals surface area contributed by atoms with Crippen LogP contribution in [-0.4, -0.2) is 5.11 Å². The van der Waals surface area contributed by atoms with Crippen LogP contribution in [0.1, 0.15) is 25.3 Å². The Morgan fingerprint density at radius 2 is 1.48 bits per heavy atom. The van der Waals surface area contributed by atoms with Crippen molar-refractivity contribution < 1.29 is 0 Å². The van der Waals surface area contributed by atoms with Gasteiger partial charge in [0.05, 0.1) is 0 Å². The minimum absolute atomic E-state index is 0.568. The minimum atomic E-state index is 0.568. The molecule has 0 saturated carbocycles. The Morgan fingerprint density at radius 3 is 2.00 bits per heavy atom. The van der Waals surface area contributed by atoms with Gasteiger partial charge in [-0.2, -0.15) is 0 Å². The number of halogens is 1. The minimum Gasteiger partial charge on any atom is -0.332 e. The van der Waals surface area contributed by atoms with Crippen LogP contribution < -0.4 is 10.6 Å². The highest BCUT2D eigenvalue weighted by Gasteiger charge is 2.00. The van der Waals surface area contributed by atoms with E-state index >= 15 is 0 Å². The molecule has 0 radical (unpaired) electrons. The van der Waals surface area contributed by atoms with E-state index in [-0.39, 0.29) is 0 Å². The third-order valence-corrected chi connectivity index (χ3v) is 3.59. The van der Waals surface area contributed by atoms with E-state index in [4.69, 9.17) is 23.8 Å². The quantitative estimate of drug-likeness (QED) is 0.713. The van der Waals surface area contributed by atoms with Crippen molar-refractivity contribution in [2.45, 2.75) is 26.2 Å². The van der Waals surface area contributed by atoms with Crippen LogP contribution in [0.4, 0.5) is 11.4 Å². The molecule has 4 heteroatoms. The maximum atomic E-state index is 5.85. The lowest BCUT2D eigenvalue weighted by molar-refractivity contribution is 0.795. The van der Waals surface area contributed by atoms with Gasteiger partial charge in [0.25, 0.3) is 0 Å². The number of anilines is 2. The summed E-state index contributed by atoms with van der Waals surface area (Å²) >= 11 is 11.2. The number of hydrogen-bond acceptors (Lipinski definition) is 1. The summed E-state index contributed by atoms with van der Waals surface area (Å²) < 4.78 is 0. The maximum Gasteiger partial charge on any atom is 0.175 e. The van der Waals surface area contributed by atoms with E-state index in [0.717, 1.165) is 17.8 Å². The van der Waals surface area contributed by atoms with Gasteiger partial charge in [-0.15, -0.1) is 0 Å². The Hall–Kier alpha value is -1.58. The van der Waals surface area contributed by atoms with E-state index in [0.29, 0.717) is 10.1 Å². The van der Waals surface area contributed by atoms with Gasteiger partial charge in [0.1, 0.15) is 0 Å². The van der Waals surface area contributed by atoms with Crippen molar-refractivity contribution in [3.63, 3.8) is 0 Å². The molecule has 2 aromatic carbocycles. The van der Waals surface area contributed by atoms with Gasteiger partial charge < -0.3 is 10.6 Å². The zero-order chi connectivity index (χ0) is 15.1. The van der Waals surface area contributed by atoms with Gasteiger partial charge in [-0.1, -0.05) is 37.1 Å². The fraction of sp³-hybridized carbons (Fsp3) is 0.235. The second-order valence-electron chi connectivity index (χ2n) is 4.89. The average Bonchev–Trinajstić information content (AvgIpc) is 2.49. The van der Waals surface area contributed by atoms with E-state index < -0.39 is 0 Å². The third kappa shape index (κ3) is 5.37. The van der Waals surface area contributed by atoms with Crippen molar-refractivity contribution in [3.05, 3.63) is 59.1 Å². The molecule has 0 amide bonds. The first-order chi connectivity index (χ1) is 10.2. The molecule has 2 nitrogen and oxygen atoms in total. The summed E-state index contributed by atoms with van der Waals surface area (Å²) in [4.78, 5) is 0. The van der Waals surface area contributed by atoms with Crippen LogP contribution in [0.25, 0.3) is 0 Å². The van der Waals surface area contributed by atoms with Gasteiger partial charge in [0.15, 0.2) is 5.11 Å². The lowest BCUT2D eigenvalue weighted by Gasteiger charge is -2.11. The molecule has 0 aliphatic carbocycles. The first-order valence-corrected chi connectivity index (χ1v) is 7.88. The number of rotatable bonds is 5. The van der Waals surface area contributed by atoms with Gasteiger partial charge >= 0.3 is 0 Å². The maximum absolute atomic E-state index is 5.85. The molecule has 0 aliphatic rings. The second-order valence-corrected chi connectivity index (χ2v) is 5.73. The van der Waals surface area contributed by atoms with E-state index in [1.165, 1.54) is 18.4 Å².